The van der Waals surface area contributed by atoms with Gasteiger partial charge in [-0.3, -0.25) is 9.80 Å². The molecule has 1 aliphatic rings. The minimum atomic E-state index is -0.902. The van der Waals surface area contributed by atoms with Gasteiger partial charge in [-0.1, -0.05) is 13.3 Å². The lowest BCUT2D eigenvalue weighted by Gasteiger charge is -2.18. The van der Waals surface area contributed by atoms with Crippen LogP contribution in [0, 0.1) is 0 Å². The maximum atomic E-state index is 11.3. The summed E-state index contributed by atoms with van der Waals surface area (Å²) in [6, 6.07) is 0.184. The van der Waals surface area contributed by atoms with Crippen LogP contribution in [0.15, 0.2) is 0 Å². The summed E-state index contributed by atoms with van der Waals surface area (Å²) in [4.78, 5) is 11.3. The van der Waals surface area contributed by atoms with Crippen LogP contribution in [0.4, 0.5) is 0 Å². The maximum Gasteiger partial charge on any atom is 0.265 e. The summed E-state index contributed by atoms with van der Waals surface area (Å²) in [5, 5.41) is 10.5. The molecule has 1 unspecified atom stereocenters. The monoisotopic (exact) mass is 172 g/mol. The molecule has 4 nitrogen and oxygen atoms in total. The summed E-state index contributed by atoms with van der Waals surface area (Å²) in [6.07, 6.45) is 2.34. The molecule has 1 saturated carbocycles. The molecule has 0 aromatic heterocycles. The number of carbonyl (C=O) groups is 1. The number of nitrogens with two attached hydrogens (primary N) is 1. The Labute approximate surface area is 72.3 Å². The molecular weight excluding hydrogens is 156 g/mol. The number of rotatable bonds is 4. The molecule has 4 heteroatoms. The van der Waals surface area contributed by atoms with Crippen LogP contribution in [0.25, 0.3) is 0 Å². The number of hydrogen-bond acceptors (Lipinski definition) is 3. The summed E-state index contributed by atoms with van der Waals surface area (Å²) in [6.45, 7) is 1.93. The van der Waals surface area contributed by atoms with Gasteiger partial charge >= 0.3 is 0 Å². The summed E-state index contributed by atoms with van der Waals surface area (Å²) in [5.74, 6) is 5.14. The zero-order chi connectivity index (χ0) is 9.14. The second-order valence-corrected chi connectivity index (χ2v) is 3.28. The van der Waals surface area contributed by atoms with Crippen LogP contribution in [0.5, 0.6) is 0 Å². The fourth-order valence-electron chi connectivity index (χ4n) is 1.10. The highest BCUT2D eigenvalue weighted by Crippen LogP contribution is 2.24. The number of amides is 1. The van der Waals surface area contributed by atoms with Gasteiger partial charge in [-0.25, -0.2) is 5.84 Å². The molecule has 0 aromatic rings. The predicted octanol–water partition coefficient (Wildman–Crippen LogP) is 0.0121. The van der Waals surface area contributed by atoms with Gasteiger partial charge in [0.1, 0.15) is 6.10 Å². The topological polar surface area (TPSA) is 66.6 Å². The SMILES string of the molecule is CCCC(O)C(=O)N(N)C1CC1. The first kappa shape index (κ1) is 9.48. The molecule has 0 spiro atoms. The highest BCUT2D eigenvalue weighted by Gasteiger charge is 2.32. The first-order valence-corrected chi connectivity index (χ1v) is 4.42. The first-order valence-electron chi connectivity index (χ1n) is 4.42. The number of aliphatic hydroxyl groups excluding tert-OH is 1. The smallest absolute Gasteiger partial charge is 0.265 e. The van der Waals surface area contributed by atoms with Crippen molar-refractivity contribution < 1.29 is 9.90 Å². The Bertz CT molecular complexity index is 168. The Morgan fingerprint density at radius 2 is 2.33 bits per heavy atom. The lowest BCUT2D eigenvalue weighted by atomic mass is 10.2. The number of aliphatic hydroxyl groups is 1. The van der Waals surface area contributed by atoms with Gasteiger partial charge in [0.05, 0.1) is 0 Å². The van der Waals surface area contributed by atoms with Gasteiger partial charge < -0.3 is 5.11 Å². The van der Waals surface area contributed by atoms with Gasteiger partial charge in [0.2, 0.25) is 0 Å². The molecule has 0 radical (unpaired) electrons. The van der Waals surface area contributed by atoms with Crippen LogP contribution in [0.2, 0.25) is 0 Å². The molecule has 3 N–H and O–H groups in total. The zero-order valence-corrected chi connectivity index (χ0v) is 7.36. The van der Waals surface area contributed by atoms with E-state index in [-0.39, 0.29) is 11.9 Å². The Hall–Kier alpha value is -0.610. The summed E-state index contributed by atoms with van der Waals surface area (Å²) >= 11 is 0. The average Bonchev–Trinajstić information content (AvgIpc) is 2.84. The summed E-state index contributed by atoms with van der Waals surface area (Å²) in [7, 11) is 0. The molecular formula is C8H16N2O2. The van der Waals surface area contributed by atoms with Crippen molar-refractivity contribution in [2.45, 2.75) is 44.8 Å². The van der Waals surface area contributed by atoms with Gasteiger partial charge in [-0.15, -0.1) is 0 Å². The third-order valence-corrected chi connectivity index (χ3v) is 2.04. The van der Waals surface area contributed by atoms with Crippen LogP contribution in [0.1, 0.15) is 32.6 Å². The largest absolute Gasteiger partial charge is 0.383 e. The Morgan fingerprint density at radius 1 is 1.75 bits per heavy atom. The van der Waals surface area contributed by atoms with E-state index in [1.807, 2.05) is 6.92 Å². The molecule has 1 atom stereocenters. The van der Waals surface area contributed by atoms with Crippen LogP contribution in [0.3, 0.4) is 0 Å². The minimum absolute atomic E-state index is 0.184. The Kier molecular flexibility index (Phi) is 3.05. The highest BCUT2D eigenvalue weighted by atomic mass is 16.3. The van der Waals surface area contributed by atoms with Crippen LogP contribution < -0.4 is 5.84 Å². The van der Waals surface area contributed by atoms with Crippen molar-refractivity contribution >= 4 is 5.91 Å². The Balaban J connectivity index is 2.33. The predicted molar refractivity (Wildman–Crippen MR) is 45.0 cm³/mol. The highest BCUT2D eigenvalue weighted by molar-refractivity contribution is 5.80. The quantitative estimate of drug-likeness (QED) is 0.356. The molecule has 0 aliphatic heterocycles. The fraction of sp³-hybridized carbons (Fsp3) is 0.875. The molecule has 1 rings (SSSR count). The molecule has 1 amide bonds. The molecule has 0 bridgehead atoms. The molecule has 1 aliphatic carbocycles. The zero-order valence-electron chi connectivity index (χ0n) is 7.36. The van der Waals surface area contributed by atoms with Crippen molar-refractivity contribution in [2.75, 3.05) is 0 Å². The van der Waals surface area contributed by atoms with Crippen molar-refractivity contribution in [3.05, 3.63) is 0 Å². The lowest BCUT2D eigenvalue weighted by Crippen LogP contribution is -2.45. The minimum Gasteiger partial charge on any atom is -0.383 e. The number of hydrogen-bond donors (Lipinski definition) is 2. The Morgan fingerprint density at radius 3 is 2.75 bits per heavy atom. The third kappa shape index (κ3) is 2.19. The maximum absolute atomic E-state index is 11.3. The van der Waals surface area contributed by atoms with E-state index in [9.17, 15) is 9.90 Å². The normalized spacial score (nSPS) is 18.9. The lowest BCUT2D eigenvalue weighted by molar-refractivity contribution is -0.141. The van der Waals surface area contributed by atoms with E-state index in [1.54, 1.807) is 0 Å². The number of nitrogens with zero attached hydrogens (tertiary/aromatic N) is 1. The molecule has 12 heavy (non-hydrogen) atoms. The van der Waals surface area contributed by atoms with Crippen molar-refractivity contribution in [2.24, 2.45) is 5.84 Å². The van der Waals surface area contributed by atoms with Crippen molar-refractivity contribution in [1.82, 2.24) is 5.01 Å². The van der Waals surface area contributed by atoms with Gasteiger partial charge in [0.15, 0.2) is 0 Å². The third-order valence-electron chi connectivity index (χ3n) is 2.04. The van der Waals surface area contributed by atoms with E-state index in [4.69, 9.17) is 5.84 Å². The van der Waals surface area contributed by atoms with E-state index in [2.05, 4.69) is 0 Å². The molecule has 0 saturated heterocycles. The van der Waals surface area contributed by atoms with Crippen LogP contribution in [-0.4, -0.2) is 28.2 Å². The average molecular weight is 172 g/mol. The summed E-state index contributed by atoms with van der Waals surface area (Å²) < 4.78 is 0. The van der Waals surface area contributed by atoms with Gasteiger partial charge in [0, 0.05) is 6.04 Å². The molecule has 0 aromatic carbocycles. The first-order chi connectivity index (χ1) is 5.66. The second-order valence-electron chi connectivity index (χ2n) is 3.28. The van der Waals surface area contributed by atoms with Crippen molar-refractivity contribution in [3.8, 4) is 0 Å². The number of hydrazine groups is 1. The van der Waals surface area contributed by atoms with Crippen molar-refractivity contribution in [3.63, 3.8) is 0 Å². The van der Waals surface area contributed by atoms with Crippen molar-refractivity contribution in [1.29, 1.82) is 0 Å². The van der Waals surface area contributed by atoms with Gasteiger partial charge in [-0.2, -0.15) is 0 Å². The number of carbonyl (C=O) groups excluding carboxylic acids is 1. The second kappa shape index (κ2) is 3.87. The van der Waals surface area contributed by atoms with E-state index >= 15 is 0 Å². The molecule has 0 heterocycles. The van der Waals surface area contributed by atoms with E-state index in [0.717, 1.165) is 19.3 Å². The van der Waals surface area contributed by atoms with E-state index < -0.39 is 6.10 Å². The van der Waals surface area contributed by atoms with E-state index in [0.29, 0.717) is 6.42 Å². The van der Waals surface area contributed by atoms with Crippen LogP contribution >= 0.6 is 0 Å². The van der Waals surface area contributed by atoms with Crippen LogP contribution in [-0.2, 0) is 4.79 Å². The molecule has 70 valence electrons. The van der Waals surface area contributed by atoms with Gasteiger partial charge in [-0.05, 0) is 19.3 Å². The summed E-state index contributed by atoms with van der Waals surface area (Å²) in [5.41, 5.74) is 0. The van der Waals surface area contributed by atoms with Gasteiger partial charge in [0.25, 0.3) is 5.91 Å². The standard InChI is InChI=1S/C8H16N2O2/c1-2-3-7(11)8(12)10(9)6-4-5-6/h6-7,11H,2-5,9H2,1H3. The molecule has 1 fully saturated rings. The fourth-order valence-corrected chi connectivity index (χ4v) is 1.10. The van der Waals surface area contributed by atoms with E-state index in [1.165, 1.54) is 5.01 Å².